The first-order valence-electron chi connectivity index (χ1n) is 8.42. The molecule has 0 spiro atoms. The molecule has 0 bridgehead atoms. The van der Waals surface area contributed by atoms with E-state index >= 15 is 0 Å². The molecule has 0 radical (unpaired) electrons. The summed E-state index contributed by atoms with van der Waals surface area (Å²) in [5, 5.41) is 15.0. The Kier molecular flexibility index (Phi) is 5.53. The van der Waals surface area contributed by atoms with Gasteiger partial charge in [-0.05, 0) is 36.6 Å². The molecule has 0 aliphatic heterocycles. The summed E-state index contributed by atoms with van der Waals surface area (Å²) in [6.07, 6.45) is 5.31. The number of para-hydroxylation sites is 2. The summed E-state index contributed by atoms with van der Waals surface area (Å²) < 4.78 is 5.03. The molecule has 3 aromatic rings. The molecule has 3 N–H and O–H groups in total. The molecule has 6 nitrogen and oxygen atoms in total. The number of nitrogens with one attached hydrogen (secondary N) is 2. The van der Waals surface area contributed by atoms with Crippen LogP contribution in [0.3, 0.4) is 0 Å². The lowest BCUT2D eigenvalue weighted by Crippen LogP contribution is -2.17. The van der Waals surface area contributed by atoms with Crippen LogP contribution >= 0.6 is 0 Å². The fourth-order valence-corrected chi connectivity index (χ4v) is 2.82. The molecule has 134 valence electrons. The van der Waals surface area contributed by atoms with Gasteiger partial charge in [0.15, 0.2) is 11.5 Å². The highest BCUT2D eigenvalue weighted by Gasteiger charge is 2.06. The molecule has 2 aromatic carbocycles. The lowest BCUT2D eigenvalue weighted by atomic mass is 10.1. The fourth-order valence-electron chi connectivity index (χ4n) is 2.82. The number of carbonyl (C=O) groups is 1. The maximum Gasteiger partial charge on any atom is 0.240 e. The largest absolute Gasteiger partial charge is 0.504 e. The molecule has 0 saturated carbocycles. The van der Waals surface area contributed by atoms with Gasteiger partial charge in [-0.2, -0.15) is 5.10 Å². The van der Waals surface area contributed by atoms with Crippen LogP contribution in [0.25, 0.3) is 10.9 Å². The number of H-pyrrole nitrogens is 1. The van der Waals surface area contributed by atoms with Gasteiger partial charge in [0.25, 0.3) is 0 Å². The Morgan fingerprint density at radius 2 is 2.12 bits per heavy atom. The van der Waals surface area contributed by atoms with E-state index in [0.29, 0.717) is 17.7 Å². The number of aromatic amines is 1. The molecule has 1 aromatic heterocycles. The number of hydrazone groups is 1. The molecule has 1 amide bonds. The van der Waals surface area contributed by atoms with Crippen LogP contribution in [0.4, 0.5) is 0 Å². The first-order chi connectivity index (χ1) is 12.7. The van der Waals surface area contributed by atoms with E-state index in [1.807, 2.05) is 24.4 Å². The number of benzene rings is 2. The summed E-state index contributed by atoms with van der Waals surface area (Å²) in [7, 11) is 1.48. The van der Waals surface area contributed by atoms with Crippen LogP contribution in [0, 0.1) is 0 Å². The van der Waals surface area contributed by atoms with Gasteiger partial charge in [-0.1, -0.05) is 24.3 Å². The van der Waals surface area contributed by atoms with Gasteiger partial charge < -0.3 is 14.8 Å². The van der Waals surface area contributed by atoms with E-state index in [4.69, 9.17) is 4.74 Å². The van der Waals surface area contributed by atoms with Crippen LogP contribution < -0.4 is 10.2 Å². The molecule has 0 aliphatic rings. The maximum atomic E-state index is 11.9. The predicted molar refractivity (Wildman–Crippen MR) is 102 cm³/mol. The summed E-state index contributed by atoms with van der Waals surface area (Å²) >= 11 is 0. The van der Waals surface area contributed by atoms with Crippen molar-refractivity contribution in [1.29, 1.82) is 0 Å². The number of ether oxygens (including phenoxy) is 1. The molecule has 0 saturated heterocycles. The first-order valence-corrected chi connectivity index (χ1v) is 8.42. The molecule has 3 rings (SSSR count). The minimum Gasteiger partial charge on any atom is -0.504 e. The van der Waals surface area contributed by atoms with Crippen LogP contribution in [0.2, 0.25) is 0 Å². The number of aryl methyl sites for hydroxylation is 1. The van der Waals surface area contributed by atoms with Gasteiger partial charge >= 0.3 is 0 Å². The molecule has 0 aliphatic carbocycles. The molecular formula is C20H21N3O3. The third-order valence-corrected chi connectivity index (χ3v) is 4.17. The van der Waals surface area contributed by atoms with Crippen molar-refractivity contribution in [3.05, 3.63) is 59.8 Å². The summed E-state index contributed by atoms with van der Waals surface area (Å²) in [4.78, 5) is 15.1. The van der Waals surface area contributed by atoms with Crippen molar-refractivity contribution in [3.63, 3.8) is 0 Å². The number of carbonyl (C=O) groups excluding carboxylic acids is 1. The Morgan fingerprint density at radius 3 is 2.96 bits per heavy atom. The number of nitrogens with zero attached hydrogens (tertiary/aromatic N) is 1. The highest BCUT2D eigenvalue weighted by molar-refractivity contribution is 5.86. The second-order valence-electron chi connectivity index (χ2n) is 5.90. The highest BCUT2D eigenvalue weighted by atomic mass is 16.5. The molecule has 1 heterocycles. The van der Waals surface area contributed by atoms with Crippen LogP contribution in [-0.2, 0) is 11.2 Å². The van der Waals surface area contributed by atoms with Gasteiger partial charge in [0.2, 0.25) is 5.91 Å². The Balaban J connectivity index is 1.49. The average molecular weight is 351 g/mol. The van der Waals surface area contributed by atoms with E-state index < -0.39 is 0 Å². The van der Waals surface area contributed by atoms with Gasteiger partial charge in [0.05, 0.1) is 13.3 Å². The maximum absolute atomic E-state index is 11.9. The zero-order valence-corrected chi connectivity index (χ0v) is 14.5. The van der Waals surface area contributed by atoms with E-state index in [0.717, 1.165) is 18.4 Å². The van der Waals surface area contributed by atoms with Gasteiger partial charge in [0.1, 0.15) is 0 Å². The normalized spacial score (nSPS) is 11.1. The van der Waals surface area contributed by atoms with Crippen LogP contribution in [0.5, 0.6) is 11.5 Å². The van der Waals surface area contributed by atoms with E-state index in [1.165, 1.54) is 24.3 Å². The summed E-state index contributed by atoms with van der Waals surface area (Å²) in [5.74, 6) is 0.190. The highest BCUT2D eigenvalue weighted by Crippen LogP contribution is 2.27. The van der Waals surface area contributed by atoms with Crippen molar-refractivity contribution in [2.45, 2.75) is 19.3 Å². The van der Waals surface area contributed by atoms with Crippen LogP contribution in [-0.4, -0.2) is 29.3 Å². The van der Waals surface area contributed by atoms with E-state index in [9.17, 15) is 9.90 Å². The SMILES string of the molecule is COc1cccc(/C=N/NC(=O)CCCc2c[nH]c3ccccc23)c1O. The van der Waals surface area contributed by atoms with Crippen molar-refractivity contribution in [1.82, 2.24) is 10.4 Å². The third-order valence-electron chi connectivity index (χ3n) is 4.17. The molecule has 26 heavy (non-hydrogen) atoms. The number of phenols is 1. The summed E-state index contributed by atoms with van der Waals surface area (Å²) in [6.45, 7) is 0. The minimum atomic E-state index is -0.163. The van der Waals surface area contributed by atoms with E-state index in [-0.39, 0.29) is 11.7 Å². The number of hydrogen-bond donors (Lipinski definition) is 3. The van der Waals surface area contributed by atoms with Gasteiger partial charge in [-0.3, -0.25) is 4.79 Å². The Bertz CT molecular complexity index is 931. The lowest BCUT2D eigenvalue weighted by molar-refractivity contribution is -0.121. The Hall–Kier alpha value is -3.28. The van der Waals surface area contributed by atoms with Crippen molar-refractivity contribution in [2.75, 3.05) is 7.11 Å². The van der Waals surface area contributed by atoms with E-state index in [1.54, 1.807) is 18.2 Å². The molecule has 6 heteroatoms. The van der Waals surface area contributed by atoms with Crippen molar-refractivity contribution < 1.29 is 14.6 Å². The summed E-state index contributed by atoms with van der Waals surface area (Å²) in [5.41, 5.74) is 5.27. The van der Waals surface area contributed by atoms with Crippen LogP contribution in [0.1, 0.15) is 24.0 Å². The van der Waals surface area contributed by atoms with Crippen molar-refractivity contribution in [2.24, 2.45) is 5.10 Å². The average Bonchev–Trinajstić information content (AvgIpc) is 3.06. The molecular weight excluding hydrogens is 330 g/mol. The van der Waals surface area contributed by atoms with Gasteiger partial charge in [0, 0.05) is 29.1 Å². The monoisotopic (exact) mass is 351 g/mol. The molecule has 0 fully saturated rings. The number of fused-ring (bicyclic) bond motifs is 1. The third kappa shape index (κ3) is 4.03. The number of aromatic hydroxyl groups is 1. The quantitative estimate of drug-likeness (QED) is 0.451. The number of phenolic OH excluding ortho intramolecular Hbond substituents is 1. The predicted octanol–water partition coefficient (Wildman–Crippen LogP) is 3.36. The summed E-state index contributed by atoms with van der Waals surface area (Å²) in [6, 6.07) is 13.2. The number of amides is 1. The number of methoxy groups -OCH3 is 1. The number of rotatable bonds is 7. The zero-order chi connectivity index (χ0) is 18.4. The lowest BCUT2D eigenvalue weighted by Gasteiger charge is -2.05. The molecule has 0 unspecified atom stereocenters. The number of hydrogen-bond acceptors (Lipinski definition) is 4. The Labute approximate surface area is 151 Å². The topological polar surface area (TPSA) is 86.7 Å². The fraction of sp³-hybridized carbons (Fsp3) is 0.200. The number of aromatic nitrogens is 1. The van der Waals surface area contributed by atoms with Crippen molar-refractivity contribution >= 4 is 23.0 Å². The Morgan fingerprint density at radius 1 is 1.27 bits per heavy atom. The minimum absolute atomic E-state index is 0.00710. The van der Waals surface area contributed by atoms with Crippen LogP contribution in [0.15, 0.2) is 53.8 Å². The first kappa shape index (κ1) is 17.5. The van der Waals surface area contributed by atoms with Crippen molar-refractivity contribution in [3.8, 4) is 11.5 Å². The second-order valence-corrected chi connectivity index (χ2v) is 5.90. The molecule has 0 atom stereocenters. The van der Waals surface area contributed by atoms with Gasteiger partial charge in [-0.25, -0.2) is 5.43 Å². The van der Waals surface area contributed by atoms with Gasteiger partial charge in [-0.15, -0.1) is 0 Å². The zero-order valence-electron chi connectivity index (χ0n) is 14.5. The smallest absolute Gasteiger partial charge is 0.240 e. The standard InChI is InChI=1S/C20H21N3O3/c1-26-18-10-4-7-15(20(18)25)13-22-23-19(24)11-5-6-14-12-21-17-9-3-2-8-16(14)17/h2-4,7-10,12-13,21,25H,5-6,11H2,1H3,(H,23,24)/b22-13+. The van der Waals surface area contributed by atoms with E-state index in [2.05, 4.69) is 21.6 Å². The second kappa shape index (κ2) is 8.20.